The molecule has 7 heteroatoms. The van der Waals surface area contributed by atoms with E-state index in [-0.39, 0.29) is 0 Å². The van der Waals surface area contributed by atoms with Crippen LogP contribution in [0.15, 0.2) is 53.8 Å². The monoisotopic (exact) mass is 476 g/mol. The Labute approximate surface area is 202 Å². The molecule has 33 heavy (non-hydrogen) atoms. The van der Waals surface area contributed by atoms with Crippen LogP contribution in [0.3, 0.4) is 0 Å². The van der Waals surface area contributed by atoms with Crippen LogP contribution in [-0.2, 0) is 39.1 Å². The van der Waals surface area contributed by atoms with Crippen molar-refractivity contribution in [2.45, 2.75) is 50.7 Å². The van der Waals surface area contributed by atoms with E-state index in [1.807, 2.05) is 36.0 Å². The third-order valence-corrected chi connectivity index (χ3v) is 7.70. The number of nitrogens with zero attached hydrogens (tertiary/aromatic N) is 3. The van der Waals surface area contributed by atoms with Gasteiger partial charge in [0.15, 0.2) is 5.16 Å². The van der Waals surface area contributed by atoms with Crippen LogP contribution >= 0.6 is 23.4 Å². The van der Waals surface area contributed by atoms with Gasteiger partial charge in [-0.05, 0) is 54.7 Å². The number of benzene rings is 2. The third kappa shape index (κ3) is 4.35. The van der Waals surface area contributed by atoms with Crippen molar-refractivity contribution in [3.05, 3.63) is 81.6 Å². The van der Waals surface area contributed by atoms with Crippen molar-refractivity contribution in [3.8, 4) is 5.88 Å². The normalized spacial score (nSPS) is 14.6. The van der Waals surface area contributed by atoms with E-state index in [1.54, 1.807) is 0 Å². The van der Waals surface area contributed by atoms with Crippen molar-refractivity contribution in [1.82, 2.24) is 19.9 Å². The van der Waals surface area contributed by atoms with Crippen LogP contribution in [0.4, 0.5) is 0 Å². The van der Waals surface area contributed by atoms with Crippen molar-refractivity contribution in [3.63, 3.8) is 0 Å². The number of halogens is 1. The number of aromatic nitrogens is 3. The molecule has 4 aromatic rings. The summed E-state index contributed by atoms with van der Waals surface area (Å²) < 4.78 is 8.46. The largest absolute Gasteiger partial charge is 0.472 e. The van der Waals surface area contributed by atoms with Crippen LogP contribution in [0.25, 0.3) is 10.9 Å². The fourth-order valence-corrected chi connectivity index (χ4v) is 5.81. The van der Waals surface area contributed by atoms with Crippen molar-refractivity contribution in [2.24, 2.45) is 0 Å². The molecule has 0 amide bonds. The highest BCUT2D eigenvalue weighted by Gasteiger charge is 2.17. The first-order chi connectivity index (χ1) is 16.2. The number of pyridine rings is 1. The topological polar surface area (TPSA) is 52.0 Å². The molecule has 3 heterocycles. The fourth-order valence-electron chi connectivity index (χ4n) is 4.66. The SMILES string of the molecule is Clc1ccccc1COc1nc2cc3c(cc2cc1CNCc1cn2c(n1)SCC2)CCC3. The molecule has 2 aromatic heterocycles. The molecular weight excluding hydrogens is 452 g/mol. The van der Waals surface area contributed by atoms with E-state index < -0.39 is 0 Å². The first-order valence-corrected chi connectivity index (χ1v) is 12.8. The maximum absolute atomic E-state index is 6.35. The van der Waals surface area contributed by atoms with E-state index in [4.69, 9.17) is 26.3 Å². The Morgan fingerprint density at radius 3 is 2.79 bits per heavy atom. The molecule has 5 nitrogen and oxygen atoms in total. The summed E-state index contributed by atoms with van der Waals surface area (Å²) in [5.41, 5.74) is 6.95. The molecule has 0 unspecified atom stereocenters. The van der Waals surface area contributed by atoms with Gasteiger partial charge in [0.2, 0.25) is 5.88 Å². The Morgan fingerprint density at radius 2 is 1.91 bits per heavy atom. The average molecular weight is 477 g/mol. The Balaban J connectivity index is 1.26. The van der Waals surface area contributed by atoms with Crippen LogP contribution < -0.4 is 10.1 Å². The predicted octanol–water partition coefficient (Wildman–Crippen LogP) is 5.55. The van der Waals surface area contributed by atoms with Gasteiger partial charge in [-0.15, -0.1) is 0 Å². The molecule has 1 aliphatic carbocycles. The van der Waals surface area contributed by atoms with E-state index in [2.05, 4.69) is 34.3 Å². The second-order valence-electron chi connectivity index (χ2n) is 8.66. The zero-order valence-corrected chi connectivity index (χ0v) is 19.9. The van der Waals surface area contributed by atoms with E-state index >= 15 is 0 Å². The van der Waals surface area contributed by atoms with E-state index in [1.165, 1.54) is 22.9 Å². The summed E-state index contributed by atoms with van der Waals surface area (Å²) in [6, 6.07) is 14.6. The molecule has 2 aromatic carbocycles. The second kappa shape index (κ2) is 9.01. The number of hydrogen-bond donors (Lipinski definition) is 1. The van der Waals surface area contributed by atoms with Crippen molar-refractivity contribution >= 4 is 34.3 Å². The highest BCUT2D eigenvalue weighted by atomic mass is 35.5. The molecular formula is C26H25ClN4OS. The van der Waals surface area contributed by atoms with Gasteiger partial charge in [0.05, 0.1) is 11.2 Å². The van der Waals surface area contributed by atoms with Crippen molar-refractivity contribution < 1.29 is 4.74 Å². The van der Waals surface area contributed by atoms with Crippen LogP contribution in [0.2, 0.25) is 5.02 Å². The Kier molecular flexibility index (Phi) is 5.74. The third-order valence-electron chi connectivity index (χ3n) is 6.36. The van der Waals surface area contributed by atoms with Crippen LogP contribution in [-0.4, -0.2) is 20.3 Å². The summed E-state index contributed by atoms with van der Waals surface area (Å²) in [7, 11) is 0. The minimum atomic E-state index is 0.390. The molecule has 0 spiro atoms. The second-order valence-corrected chi connectivity index (χ2v) is 10.1. The smallest absolute Gasteiger partial charge is 0.218 e. The molecule has 0 atom stereocenters. The number of thioether (sulfide) groups is 1. The van der Waals surface area contributed by atoms with Gasteiger partial charge >= 0.3 is 0 Å². The summed E-state index contributed by atoms with van der Waals surface area (Å²) in [5.74, 6) is 1.78. The maximum Gasteiger partial charge on any atom is 0.218 e. The Morgan fingerprint density at radius 1 is 1.03 bits per heavy atom. The predicted molar refractivity (Wildman–Crippen MR) is 133 cm³/mol. The van der Waals surface area contributed by atoms with Gasteiger partial charge in [-0.25, -0.2) is 9.97 Å². The zero-order valence-electron chi connectivity index (χ0n) is 18.3. The molecule has 168 valence electrons. The van der Waals surface area contributed by atoms with Crippen LogP contribution in [0.5, 0.6) is 5.88 Å². The number of aryl methyl sites for hydroxylation is 3. The molecule has 0 fully saturated rings. The number of nitrogens with one attached hydrogen (secondary N) is 1. The summed E-state index contributed by atoms with van der Waals surface area (Å²) in [6.07, 6.45) is 5.67. The molecule has 0 saturated carbocycles. The standard InChI is InChI=1S/C26H25ClN4OS/c27-23-7-2-1-4-19(23)16-32-25-21(13-28-14-22-15-31-8-9-33-26(31)29-22)11-20-10-17-5-3-6-18(17)12-24(20)30-25/h1-2,4,7,10-12,15,28H,3,5-6,8-9,13-14,16H2. The maximum atomic E-state index is 6.35. The summed E-state index contributed by atoms with van der Waals surface area (Å²) in [6.45, 7) is 2.81. The van der Waals surface area contributed by atoms with E-state index in [9.17, 15) is 0 Å². The number of imidazole rings is 1. The van der Waals surface area contributed by atoms with E-state index in [0.29, 0.717) is 30.6 Å². The minimum absolute atomic E-state index is 0.390. The minimum Gasteiger partial charge on any atom is -0.472 e. The highest BCUT2D eigenvalue weighted by Crippen LogP contribution is 2.30. The van der Waals surface area contributed by atoms with Gasteiger partial charge in [0, 0.05) is 53.1 Å². The molecule has 1 aliphatic heterocycles. The number of fused-ring (bicyclic) bond motifs is 3. The van der Waals surface area contributed by atoms with Gasteiger partial charge in [-0.1, -0.05) is 41.6 Å². The Bertz CT molecular complexity index is 1310. The number of hydrogen-bond acceptors (Lipinski definition) is 5. The average Bonchev–Trinajstić information content (AvgIpc) is 3.53. The fraction of sp³-hybridized carbons (Fsp3) is 0.308. The lowest BCUT2D eigenvalue weighted by atomic mass is 10.0. The van der Waals surface area contributed by atoms with Crippen LogP contribution in [0.1, 0.15) is 34.4 Å². The van der Waals surface area contributed by atoms with Gasteiger partial charge < -0.3 is 14.6 Å². The van der Waals surface area contributed by atoms with Gasteiger partial charge in [0.1, 0.15) is 6.61 Å². The molecule has 0 saturated heterocycles. The van der Waals surface area contributed by atoms with E-state index in [0.717, 1.165) is 52.6 Å². The lowest BCUT2D eigenvalue weighted by Gasteiger charge is -2.14. The van der Waals surface area contributed by atoms with Crippen LogP contribution in [0, 0.1) is 0 Å². The Hall–Kier alpha value is -2.54. The summed E-state index contributed by atoms with van der Waals surface area (Å²) in [5, 5.41) is 6.55. The molecule has 6 rings (SSSR count). The van der Waals surface area contributed by atoms with Crippen molar-refractivity contribution in [2.75, 3.05) is 5.75 Å². The van der Waals surface area contributed by atoms with Gasteiger partial charge in [-0.3, -0.25) is 0 Å². The molecule has 0 radical (unpaired) electrons. The highest BCUT2D eigenvalue weighted by molar-refractivity contribution is 7.99. The molecule has 0 bridgehead atoms. The quantitative estimate of drug-likeness (QED) is 0.379. The first kappa shape index (κ1) is 21.0. The number of ether oxygens (including phenoxy) is 1. The molecule has 2 aliphatic rings. The number of rotatable bonds is 7. The molecule has 1 N–H and O–H groups in total. The van der Waals surface area contributed by atoms with Gasteiger partial charge in [-0.2, -0.15) is 0 Å². The lowest BCUT2D eigenvalue weighted by molar-refractivity contribution is 0.291. The lowest BCUT2D eigenvalue weighted by Crippen LogP contribution is -2.15. The summed E-state index contributed by atoms with van der Waals surface area (Å²) >= 11 is 8.17. The zero-order chi connectivity index (χ0) is 22.2. The first-order valence-electron chi connectivity index (χ1n) is 11.4. The van der Waals surface area contributed by atoms with Crippen molar-refractivity contribution in [1.29, 1.82) is 0 Å². The van der Waals surface area contributed by atoms with Gasteiger partial charge in [0.25, 0.3) is 0 Å². The summed E-state index contributed by atoms with van der Waals surface area (Å²) in [4.78, 5) is 9.66.